The molecule has 0 fully saturated rings. The third-order valence-corrected chi connectivity index (χ3v) is 4.16. The van der Waals surface area contributed by atoms with Crippen molar-refractivity contribution in [2.45, 2.75) is 13.0 Å². The summed E-state index contributed by atoms with van der Waals surface area (Å²) in [6.07, 6.45) is 1.34. The number of carbonyl (C=O) groups excluding carboxylic acids is 2. The minimum atomic E-state index is -0.419. The van der Waals surface area contributed by atoms with Crippen LogP contribution in [0.3, 0.4) is 0 Å². The molecular formula is C20H18ClN5O3. The highest BCUT2D eigenvalue weighted by Gasteiger charge is 2.12. The Kier molecular flexibility index (Phi) is 6.25. The number of anilines is 2. The van der Waals surface area contributed by atoms with E-state index in [2.05, 4.69) is 20.6 Å². The second-order valence-corrected chi connectivity index (χ2v) is 6.60. The van der Waals surface area contributed by atoms with Crippen molar-refractivity contribution in [3.05, 3.63) is 76.7 Å². The Morgan fingerprint density at radius 3 is 2.76 bits per heavy atom. The van der Waals surface area contributed by atoms with E-state index in [1.54, 1.807) is 24.3 Å². The van der Waals surface area contributed by atoms with Crippen LogP contribution in [0.1, 0.15) is 21.7 Å². The fraction of sp³-hybridized carbons (Fsp3) is 0.100. The normalized spacial score (nSPS) is 10.4. The third kappa shape index (κ3) is 5.66. The van der Waals surface area contributed by atoms with Crippen LogP contribution >= 0.6 is 11.6 Å². The Morgan fingerprint density at radius 1 is 1.14 bits per heavy atom. The Balaban J connectivity index is 1.61. The van der Waals surface area contributed by atoms with Crippen LogP contribution in [0, 0.1) is 0 Å². The van der Waals surface area contributed by atoms with Gasteiger partial charge in [-0.2, -0.15) is 0 Å². The third-order valence-electron chi connectivity index (χ3n) is 3.93. The van der Waals surface area contributed by atoms with Gasteiger partial charge in [-0.15, -0.1) is 0 Å². The Hall–Kier alpha value is -3.65. The number of benzene rings is 1. The number of rotatable bonds is 6. The summed E-state index contributed by atoms with van der Waals surface area (Å²) in [5.41, 5.74) is 7.17. The van der Waals surface area contributed by atoms with Crippen LogP contribution in [0.25, 0.3) is 0 Å². The van der Waals surface area contributed by atoms with E-state index < -0.39 is 5.91 Å². The topological polar surface area (TPSA) is 130 Å². The molecule has 0 bridgehead atoms. The molecule has 0 saturated carbocycles. The lowest BCUT2D eigenvalue weighted by Crippen LogP contribution is -2.24. The van der Waals surface area contributed by atoms with Crippen LogP contribution in [0.2, 0.25) is 5.02 Å². The molecule has 2 aromatic heterocycles. The van der Waals surface area contributed by atoms with Gasteiger partial charge >= 0.3 is 0 Å². The van der Waals surface area contributed by atoms with Crippen LogP contribution in [0.15, 0.2) is 54.7 Å². The number of phenolic OH excluding ortho intramolecular Hbond substituents is 1. The first-order chi connectivity index (χ1) is 13.9. The highest BCUT2D eigenvalue weighted by atomic mass is 35.5. The van der Waals surface area contributed by atoms with Crippen molar-refractivity contribution in [3.8, 4) is 5.75 Å². The highest BCUT2D eigenvalue weighted by molar-refractivity contribution is 6.30. The molecule has 2 amide bonds. The summed E-state index contributed by atoms with van der Waals surface area (Å²) in [6, 6.07) is 12.6. The van der Waals surface area contributed by atoms with E-state index in [0.29, 0.717) is 27.8 Å². The minimum absolute atomic E-state index is 0.0190. The fourth-order valence-electron chi connectivity index (χ4n) is 2.56. The maximum absolute atomic E-state index is 12.3. The Labute approximate surface area is 171 Å². The number of carbonyl (C=O) groups is 2. The number of nitrogens with zero attached hydrogens (tertiary/aromatic N) is 2. The Morgan fingerprint density at radius 2 is 1.97 bits per heavy atom. The van der Waals surface area contributed by atoms with Crippen molar-refractivity contribution in [1.82, 2.24) is 15.3 Å². The number of phenols is 1. The van der Waals surface area contributed by atoms with Crippen molar-refractivity contribution < 1.29 is 14.7 Å². The number of hydrogen-bond donors (Lipinski definition) is 4. The average Bonchev–Trinajstić information content (AvgIpc) is 2.69. The summed E-state index contributed by atoms with van der Waals surface area (Å²) in [7, 11) is 0. The van der Waals surface area contributed by atoms with E-state index >= 15 is 0 Å². The molecule has 9 heteroatoms. The number of nitrogens with two attached hydrogens (primary N) is 1. The highest BCUT2D eigenvalue weighted by Crippen LogP contribution is 2.22. The SMILES string of the molecule is Nc1cccc(CNC(=O)c2cc(NC(=O)Cc3cc(Cl)ccc3O)ccn2)n1. The van der Waals surface area contributed by atoms with Crippen molar-refractivity contribution in [3.63, 3.8) is 0 Å². The number of pyridine rings is 2. The van der Waals surface area contributed by atoms with Crippen molar-refractivity contribution in [2.24, 2.45) is 0 Å². The second-order valence-electron chi connectivity index (χ2n) is 6.16. The molecule has 0 saturated heterocycles. The van der Waals surface area contributed by atoms with Gasteiger partial charge in [0.15, 0.2) is 0 Å². The van der Waals surface area contributed by atoms with Crippen molar-refractivity contribution in [2.75, 3.05) is 11.1 Å². The van der Waals surface area contributed by atoms with Gasteiger partial charge in [0.25, 0.3) is 5.91 Å². The van der Waals surface area contributed by atoms with Crippen LogP contribution in [-0.4, -0.2) is 26.9 Å². The molecule has 148 valence electrons. The molecule has 3 aromatic rings. The summed E-state index contributed by atoms with van der Waals surface area (Å²) in [6.45, 7) is 0.191. The van der Waals surface area contributed by atoms with E-state index in [1.165, 1.54) is 30.5 Å². The van der Waals surface area contributed by atoms with E-state index in [9.17, 15) is 14.7 Å². The minimum Gasteiger partial charge on any atom is -0.508 e. The summed E-state index contributed by atoms with van der Waals surface area (Å²) in [5, 5.41) is 15.6. The zero-order chi connectivity index (χ0) is 20.8. The first kappa shape index (κ1) is 20.1. The van der Waals surface area contributed by atoms with Crippen LogP contribution in [0.5, 0.6) is 5.75 Å². The van der Waals surface area contributed by atoms with Gasteiger partial charge < -0.3 is 21.5 Å². The molecular weight excluding hydrogens is 394 g/mol. The van der Waals surface area contributed by atoms with E-state index in [-0.39, 0.29) is 30.3 Å². The molecule has 0 unspecified atom stereocenters. The quantitative estimate of drug-likeness (QED) is 0.493. The molecule has 0 radical (unpaired) electrons. The maximum atomic E-state index is 12.3. The van der Waals surface area contributed by atoms with Gasteiger partial charge in [-0.25, -0.2) is 4.98 Å². The van der Waals surface area contributed by atoms with Crippen LogP contribution < -0.4 is 16.4 Å². The lowest BCUT2D eigenvalue weighted by atomic mass is 10.1. The zero-order valence-electron chi connectivity index (χ0n) is 15.2. The average molecular weight is 412 g/mol. The molecule has 29 heavy (non-hydrogen) atoms. The van der Waals surface area contributed by atoms with Crippen molar-refractivity contribution >= 4 is 34.9 Å². The first-order valence-corrected chi connectivity index (χ1v) is 9.01. The number of aromatic hydroxyl groups is 1. The van der Waals surface area contributed by atoms with Gasteiger partial charge in [0.2, 0.25) is 5.91 Å². The maximum Gasteiger partial charge on any atom is 0.270 e. The molecule has 3 rings (SSSR count). The van der Waals surface area contributed by atoms with E-state index in [0.717, 1.165) is 0 Å². The number of halogens is 1. The van der Waals surface area contributed by atoms with Crippen LogP contribution in [-0.2, 0) is 17.8 Å². The number of aromatic nitrogens is 2. The lowest BCUT2D eigenvalue weighted by Gasteiger charge is -2.09. The van der Waals surface area contributed by atoms with Crippen LogP contribution in [0.4, 0.5) is 11.5 Å². The molecule has 0 aliphatic carbocycles. The summed E-state index contributed by atoms with van der Waals surface area (Å²) >= 11 is 5.89. The number of nitrogen functional groups attached to an aromatic ring is 1. The van der Waals surface area contributed by atoms with E-state index in [4.69, 9.17) is 17.3 Å². The van der Waals surface area contributed by atoms with Gasteiger partial charge in [-0.3, -0.25) is 14.6 Å². The molecule has 1 aromatic carbocycles. The van der Waals surface area contributed by atoms with Gasteiger partial charge in [-0.1, -0.05) is 17.7 Å². The number of amides is 2. The molecule has 0 aliphatic rings. The largest absolute Gasteiger partial charge is 0.508 e. The first-order valence-electron chi connectivity index (χ1n) is 8.63. The predicted molar refractivity (Wildman–Crippen MR) is 110 cm³/mol. The molecule has 8 nitrogen and oxygen atoms in total. The molecule has 2 heterocycles. The van der Waals surface area contributed by atoms with Crippen molar-refractivity contribution in [1.29, 1.82) is 0 Å². The monoisotopic (exact) mass is 411 g/mol. The number of hydrogen-bond acceptors (Lipinski definition) is 6. The smallest absolute Gasteiger partial charge is 0.270 e. The summed E-state index contributed by atoms with van der Waals surface area (Å²) in [4.78, 5) is 32.7. The van der Waals surface area contributed by atoms with Gasteiger partial charge in [0.05, 0.1) is 18.7 Å². The predicted octanol–water partition coefficient (Wildman–Crippen LogP) is 2.53. The fourth-order valence-corrected chi connectivity index (χ4v) is 2.76. The lowest BCUT2D eigenvalue weighted by molar-refractivity contribution is -0.115. The Bertz CT molecular complexity index is 1060. The number of nitrogens with one attached hydrogen (secondary N) is 2. The molecule has 0 aliphatic heterocycles. The van der Waals surface area contributed by atoms with Gasteiger partial charge in [0.1, 0.15) is 17.3 Å². The van der Waals surface area contributed by atoms with Gasteiger partial charge in [0, 0.05) is 22.5 Å². The molecule has 0 atom stereocenters. The molecule has 5 N–H and O–H groups in total. The van der Waals surface area contributed by atoms with Gasteiger partial charge in [-0.05, 0) is 42.5 Å². The summed E-state index contributed by atoms with van der Waals surface area (Å²) < 4.78 is 0. The summed E-state index contributed by atoms with van der Waals surface area (Å²) in [5.74, 6) is -0.443. The molecule has 0 spiro atoms. The second kappa shape index (κ2) is 9.03. The van der Waals surface area contributed by atoms with E-state index in [1.807, 2.05) is 0 Å². The standard InChI is InChI=1S/C20H18ClN5O3/c21-13-4-5-17(27)12(8-13)9-19(28)26-14-6-7-23-16(10-14)20(29)24-11-15-2-1-3-18(22)25-15/h1-8,10,27H,9,11H2,(H2,22,25)(H,24,29)(H,23,26,28). The zero-order valence-corrected chi connectivity index (χ0v) is 16.0.